The third-order valence-electron chi connectivity index (χ3n) is 2.32. The summed E-state index contributed by atoms with van der Waals surface area (Å²) >= 11 is 13.1. The molecule has 1 heterocycles. The van der Waals surface area contributed by atoms with Gasteiger partial charge in [-0.05, 0) is 18.2 Å². The second-order valence-corrected chi connectivity index (χ2v) is 5.52. The lowest BCUT2D eigenvalue weighted by molar-refractivity contribution is -0.131. The number of anilines is 1. The molecular weight excluding hydrogens is 335 g/mol. The molecule has 8 heteroatoms. The number of amides is 1. The number of thiazole rings is 1. The maximum atomic E-state index is 11.4. The van der Waals surface area contributed by atoms with Crippen LogP contribution in [0.2, 0.25) is 10.0 Å². The largest absolute Gasteiger partial charge is 0.478 e. The smallest absolute Gasteiger partial charge is 0.328 e. The Balaban J connectivity index is 2.15. The van der Waals surface area contributed by atoms with Gasteiger partial charge >= 0.3 is 5.97 Å². The highest BCUT2D eigenvalue weighted by Gasteiger charge is 2.10. The van der Waals surface area contributed by atoms with Gasteiger partial charge in [-0.1, -0.05) is 23.2 Å². The van der Waals surface area contributed by atoms with Crippen LogP contribution in [0.1, 0.15) is 0 Å². The van der Waals surface area contributed by atoms with Crippen molar-refractivity contribution in [2.24, 2.45) is 0 Å². The number of hydrogen-bond donors (Lipinski definition) is 2. The van der Waals surface area contributed by atoms with Gasteiger partial charge in [-0.15, -0.1) is 11.3 Å². The van der Waals surface area contributed by atoms with Gasteiger partial charge in [-0.3, -0.25) is 10.1 Å². The van der Waals surface area contributed by atoms with Crippen molar-refractivity contribution in [1.82, 2.24) is 4.98 Å². The highest BCUT2D eigenvalue weighted by atomic mass is 35.5. The van der Waals surface area contributed by atoms with E-state index in [-0.39, 0.29) is 0 Å². The molecule has 2 rings (SSSR count). The molecule has 0 spiro atoms. The van der Waals surface area contributed by atoms with Crippen molar-refractivity contribution in [3.63, 3.8) is 0 Å². The standard InChI is InChI=1S/C13H8Cl2N2O3S/c14-7-1-2-8(9(15)5-7)10-6-21-13(16-10)17-11(18)3-4-12(19)20/h1-6H,(H,19,20)(H,16,17,18). The third-order valence-corrected chi connectivity index (χ3v) is 3.62. The molecule has 0 bridgehead atoms. The molecule has 1 aromatic heterocycles. The summed E-state index contributed by atoms with van der Waals surface area (Å²) < 4.78 is 0. The van der Waals surface area contributed by atoms with Gasteiger partial charge in [0.1, 0.15) is 0 Å². The van der Waals surface area contributed by atoms with Crippen molar-refractivity contribution in [2.75, 3.05) is 5.32 Å². The number of aromatic nitrogens is 1. The first-order valence-electron chi connectivity index (χ1n) is 5.58. The average Bonchev–Trinajstić information content (AvgIpc) is 2.84. The van der Waals surface area contributed by atoms with E-state index in [1.807, 2.05) is 0 Å². The molecule has 0 saturated carbocycles. The van der Waals surface area contributed by atoms with Crippen LogP contribution in [0.5, 0.6) is 0 Å². The van der Waals surface area contributed by atoms with Crippen molar-refractivity contribution >= 4 is 51.5 Å². The summed E-state index contributed by atoms with van der Waals surface area (Å²) in [5.74, 6) is -1.77. The van der Waals surface area contributed by atoms with Gasteiger partial charge in [0.25, 0.3) is 0 Å². The van der Waals surface area contributed by atoms with Gasteiger partial charge in [-0.2, -0.15) is 0 Å². The van der Waals surface area contributed by atoms with E-state index in [2.05, 4.69) is 10.3 Å². The molecule has 0 aliphatic carbocycles. The van der Waals surface area contributed by atoms with Crippen LogP contribution < -0.4 is 5.32 Å². The summed E-state index contributed by atoms with van der Waals surface area (Å²) in [5, 5.41) is 13.9. The number of hydrogen-bond acceptors (Lipinski definition) is 4. The summed E-state index contributed by atoms with van der Waals surface area (Å²) in [6, 6.07) is 5.03. The molecule has 2 N–H and O–H groups in total. The number of carbonyl (C=O) groups is 2. The van der Waals surface area contributed by atoms with E-state index in [1.54, 1.807) is 23.6 Å². The molecule has 0 aliphatic heterocycles. The monoisotopic (exact) mass is 342 g/mol. The molecule has 0 aliphatic rings. The lowest BCUT2D eigenvalue weighted by Gasteiger charge is -2.01. The van der Waals surface area contributed by atoms with Crippen LogP contribution in [-0.4, -0.2) is 22.0 Å². The third kappa shape index (κ3) is 4.29. The predicted molar refractivity (Wildman–Crippen MR) is 83.0 cm³/mol. The molecule has 1 aromatic carbocycles. The quantitative estimate of drug-likeness (QED) is 0.830. The summed E-state index contributed by atoms with van der Waals surface area (Å²) in [5.41, 5.74) is 1.29. The molecule has 2 aromatic rings. The molecule has 0 saturated heterocycles. The fourth-order valence-electron chi connectivity index (χ4n) is 1.45. The van der Waals surface area contributed by atoms with Crippen molar-refractivity contribution in [2.45, 2.75) is 0 Å². The van der Waals surface area contributed by atoms with Crippen LogP contribution >= 0.6 is 34.5 Å². The number of carbonyl (C=O) groups excluding carboxylic acids is 1. The number of nitrogens with one attached hydrogen (secondary N) is 1. The molecule has 5 nitrogen and oxygen atoms in total. The zero-order valence-corrected chi connectivity index (χ0v) is 12.7. The Labute approximate surface area is 133 Å². The van der Waals surface area contributed by atoms with E-state index < -0.39 is 11.9 Å². The fraction of sp³-hybridized carbons (Fsp3) is 0. The van der Waals surface area contributed by atoms with Gasteiger partial charge in [0.15, 0.2) is 5.13 Å². The number of nitrogens with zero attached hydrogens (tertiary/aromatic N) is 1. The summed E-state index contributed by atoms with van der Waals surface area (Å²) in [7, 11) is 0. The van der Waals surface area contributed by atoms with E-state index in [4.69, 9.17) is 28.3 Å². The number of halogens is 2. The topological polar surface area (TPSA) is 79.3 Å². The van der Waals surface area contributed by atoms with Crippen molar-refractivity contribution in [1.29, 1.82) is 0 Å². The second-order valence-electron chi connectivity index (χ2n) is 3.82. The molecule has 1 amide bonds. The Kier molecular flexibility index (Phi) is 4.95. The molecule has 0 atom stereocenters. The molecule has 0 unspecified atom stereocenters. The number of carboxylic acid groups (broad SMARTS) is 1. The number of benzene rings is 1. The molecule has 21 heavy (non-hydrogen) atoms. The van der Waals surface area contributed by atoms with E-state index >= 15 is 0 Å². The number of carboxylic acids is 1. The highest BCUT2D eigenvalue weighted by molar-refractivity contribution is 7.14. The Morgan fingerprint density at radius 3 is 2.71 bits per heavy atom. The lowest BCUT2D eigenvalue weighted by atomic mass is 10.2. The van der Waals surface area contributed by atoms with Crippen LogP contribution in [0.4, 0.5) is 5.13 Å². The zero-order valence-electron chi connectivity index (χ0n) is 10.3. The van der Waals surface area contributed by atoms with E-state index in [0.29, 0.717) is 26.4 Å². The number of aliphatic carboxylic acids is 1. The molecule has 0 fully saturated rings. The first-order valence-corrected chi connectivity index (χ1v) is 7.22. The average molecular weight is 343 g/mol. The minimum atomic E-state index is -1.20. The van der Waals surface area contributed by atoms with Gasteiger partial charge < -0.3 is 5.11 Å². The van der Waals surface area contributed by atoms with Crippen LogP contribution in [-0.2, 0) is 9.59 Å². The Morgan fingerprint density at radius 1 is 1.29 bits per heavy atom. The SMILES string of the molecule is O=C(O)C=CC(=O)Nc1nc(-c2ccc(Cl)cc2Cl)cs1. The summed E-state index contributed by atoms with van der Waals surface area (Å²) in [4.78, 5) is 26.0. The summed E-state index contributed by atoms with van der Waals surface area (Å²) in [6.45, 7) is 0. The van der Waals surface area contributed by atoms with Crippen molar-refractivity contribution < 1.29 is 14.7 Å². The highest BCUT2D eigenvalue weighted by Crippen LogP contribution is 2.32. The number of rotatable bonds is 4. The first-order chi connectivity index (χ1) is 9.95. The molecular formula is C13H8Cl2N2O3S. The minimum absolute atomic E-state index is 0.344. The maximum Gasteiger partial charge on any atom is 0.328 e. The zero-order chi connectivity index (χ0) is 15.4. The Hall–Kier alpha value is -1.89. The predicted octanol–water partition coefficient (Wildman–Crippen LogP) is 3.70. The fourth-order valence-corrected chi connectivity index (χ4v) is 2.66. The van der Waals surface area contributed by atoms with Crippen molar-refractivity contribution in [3.8, 4) is 11.3 Å². The minimum Gasteiger partial charge on any atom is -0.478 e. The maximum absolute atomic E-state index is 11.4. The van der Waals surface area contributed by atoms with Gasteiger partial charge in [0.05, 0.1) is 10.7 Å². The lowest BCUT2D eigenvalue weighted by Crippen LogP contribution is -2.08. The Bertz CT molecular complexity index is 728. The Morgan fingerprint density at radius 2 is 2.05 bits per heavy atom. The first kappa shape index (κ1) is 15.5. The van der Waals surface area contributed by atoms with Crippen LogP contribution in [0.25, 0.3) is 11.3 Å². The molecule has 0 radical (unpaired) electrons. The van der Waals surface area contributed by atoms with Gasteiger partial charge in [0.2, 0.25) is 5.91 Å². The van der Waals surface area contributed by atoms with E-state index in [9.17, 15) is 9.59 Å². The molecule has 108 valence electrons. The van der Waals surface area contributed by atoms with Crippen LogP contribution in [0, 0.1) is 0 Å². The summed E-state index contributed by atoms with van der Waals surface area (Å²) in [6.07, 6.45) is 1.67. The normalized spacial score (nSPS) is 10.8. The van der Waals surface area contributed by atoms with E-state index in [1.165, 1.54) is 11.3 Å². The second kappa shape index (κ2) is 6.71. The van der Waals surface area contributed by atoms with Gasteiger partial charge in [-0.25, -0.2) is 9.78 Å². The van der Waals surface area contributed by atoms with Gasteiger partial charge in [0, 0.05) is 28.1 Å². The van der Waals surface area contributed by atoms with Crippen LogP contribution in [0.15, 0.2) is 35.7 Å². The van der Waals surface area contributed by atoms with E-state index in [0.717, 1.165) is 12.2 Å². The van der Waals surface area contributed by atoms with Crippen LogP contribution in [0.3, 0.4) is 0 Å². The van der Waals surface area contributed by atoms with Crippen molar-refractivity contribution in [3.05, 3.63) is 45.8 Å².